The number of hydrogen-bond acceptors (Lipinski definition) is 5. The maximum Gasteiger partial charge on any atom is 0.300 e. The van der Waals surface area contributed by atoms with Gasteiger partial charge in [0.25, 0.3) is 11.7 Å². The SMILES string of the molecule is Cc1ccsc1C1/C(=C(/O)c2ccc3c(c2)CCCO3)C(=O)C(=O)N1c1ccc(Cl)cc1. The molecule has 1 amide bonds. The number of fused-ring (bicyclic) bond motifs is 1. The van der Waals surface area contributed by atoms with Gasteiger partial charge in [-0.1, -0.05) is 11.6 Å². The van der Waals surface area contributed by atoms with Crippen molar-refractivity contribution in [1.29, 1.82) is 0 Å². The van der Waals surface area contributed by atoms with Gasteiger partial charge in [-0.25, -0.2) is 0 Å². The van der Waals surface area contributed by atoms with Crippen molar-refractivity contribution in [3.05, 3.63) is 86.1 Å². The lowest BCUT2D eigenvalue weighted by atomic mass is 9.96. The molecule has 0 spiro atoms. The van der Waals surface area contributed by atoms with E-state index >= 15 is 0 Å². The lowest BCUT2D eigenvalue weighted by Crippen LogP contribution is -2.29. The topological polar surface area (TPSA) is 66.8 Å². The predicted molar refractivity (Wildman–Crippen MR) is 126 cm³/mol. The van der Waals surface area contributed by atoms with Crippen LogP contribution in [0, 0.1) is 6.92 Å². The molecule has 1 unspecified atom stereocenters. The normalized spacial score (nSPS) is 19.7. The highest BCUT2D eigenvalue weighted by Gasteiger charge is 2.48. The Hall–Kier alpha value is -3.09. The zero-order chi connectivity index (χ0) is 22.4. The van der Waals surface area contributed by atoms with Crippen LogP contribution in [0.3, 0.4) is 0 Å². The summed E-state index contributed by atoms with van der Waals surface area (Å²) < 4.78 is 5.67. The Bertz CT molecular complexity index is 1260. The van der Waals surface area contributed by atoms with Gasteiger partial charge >= 0.3 is 0 Å². The second kappa shape index (κ2) is 8.11. The van der Waals surface area contributed by atoms with Crippen LogP contribution in [0.25, 0.3) is 5.76 Å². The summed E-state index contributed by atoms with van der Waals surface area (Å²) >= 11 is 7.49. The van der Waals surface area contributed by atoms with Gasteiger partial charge in [-0.15, -0.1) is 11.3 Å². The van der Waals surface area contributed by atoms with E-state index < -0.39 is 17.7 Å². The van der Waals surface area contributed by atoms with Gasteiger partial charge in [0.15, 0.2) is 0 Å². The Morgan fingerprint density at radius 3 is 2.66 bits per heavy atom. The molecule has 1 atom stereocenters. The van der Waals surface area contributed by atoms with Gasteiger partial charge in [-0.05, 0) is 84.8 Å². The standard InChI is InChI=1S/C25H20ClNO4S/c1-14-10-12-32-24(14)21-20(22(28)16-4-9-19-15(13-16)3-2-11-31-19)23(29)25(30)27(21)18-7-5-17(26)6-8-18/h4-10,12-13,21,28H,2-3,11H2,1H3/b22-20-. The molecule has 7 heteroatoms. The van der Waals surface area contributed by atoms with E-state index in [9.17, 15) is 14.7 Å². The molecule has 0 saturated carbocycles. The molecule has 2 aliphatic rings. The molecule has 2 aliphatic heterocycles. The van der Waals surface area contributed by atoms with Crippen LogP contribution in [-0.4, -0.2) is 23.4 Å². The second-order valence-corrected chi connectivity index (χ2v) is 9.27. The van der Waals surface area contributed by atoms with Gasteiger partial charge in [0.05, 0.1) is 12.2 Å². The molecule has 1 aromatic heterocycles. The molecule has 1 saturated heterocycles. The molecule has 1 N–H and O–H groups in total. The van der Waals surface area contributed by atoms with Crippen molar-refractivity contribution in [3.8, 4) is 5.75 Å². The molecular formula is C25H20ClNO4S. The van der Waals surface area contributed by atoms with Crippen LogP contribution < -0.4 is 9.64 Å². The summed E-state index contributed by atoms with van der Waals surface area (Å²) in [6.45, 7) is 2.60. The van der Waals surface area contributed by atoms with E-state index in [1.165, 1.54) is 16.2 Å². The monoisotopic (exact) mass is 465 g/mol. The number of nitrogens with zero attached hydrogens (tertiary/aromatic N) is 1. The number of ether oxygens (including phenoxy) is 1. The molecule has 5 rings (SSSR count). The summed E-state index contributed by atoms with van der Waals surface area (Å²) in [7, 11) is 0. The second-order valence-electron chi connectivity index (χ2n) is 7.89. The first kappa shape index (κ1) is 20.8. The van der Waals surface area contributed by atoms with E-state index in [4.69, 9.17) is 16.3 Å². The Morgan fingerprint density at radius 2 is 1.94 bits per heavy atom. The Balaban J connectivity index is 1.69. The minimum Gasteiger partial charge on any atom is -0.507 e. The van der Waals surface area contributed by atoms with Crippen LogP contribution in [0.4, 0.5) is 5.69 Å². The molecule has 3 heterocycles. The quantitative estimate of drug-likeness (QED) is 0.308. The van der Waals surface area contributed by atoms with Crippen LogP contribution >= 0.6 is 22.9 Å². The first-order chi connectivity index (χ1) is 15.5. The molecule has 162 valence electrons. The van der Waals surface area contributed by atoms with Crippen molar-refractivity contribution in [1.82, 2.24) is 0 Å². The van der Waals surface area contributed by atoms with Crippen molar-refractivity contribution < 1.29 is 19.4 Å². The minimum absolute atomic E-state index is 0.0900. The van der Waals surface area contributed by atoms with Crippen molar-refractivity contribution >= 4 is 46.1 Å². The van der Waals surface area contributed by atoms with Crippen molar-refractivity contribution in [2.75, 3.05) is 11.5 Å². The van der Waals surface area contributed by atoms with Gasteiger partial charge in [0.2, 0.25) is 0 Å². The Morgan fingerprint density at radius 1 is 1.16 bits per heavy atom. The van der Waals surface area contributed by atoms with Crippen molar-refractivity contribution in [3.63, 3.8) is 0 Å². The average molecular weight is 466 g/mol. The lowest BCUT2D eigenvalue weighted by Gasteiger charge is -2.25. The number of rotatable bonds is 3. The number of aliphatic hydroxyl groups excluding tert-OH is 1. The molecule has 5 nitrogen and oxygen atoms in total. The van der Waals surface area contributed by atoms with E-state index in [-0.39, 0.29) is 11.3 Å². The number of Topliss-reactive ketones (excluding diaryl/α,β-unsaturated/α-hetero) is 1. The number of carbonyl (C=O) groups excluding carboxylic acids is 2. The summed E-state index contributed by atoms with van der Waals surface area (Å²) in [5.74, 6) is -0.761. The van der Waals surface area contributed by atoms with E-state index in [1.807, 2.05) is 30.5 Å². The third-order valence-electron chi connectivity index (χ3n) is 5.88. The van der Waals surface area contributed by atoms with Gasteiger partial charge in [-0.3, -0.25) is 14.5 Å². The van der Waals surface area contributed by atoms with Gasteiger partial charge in [0, 0.05) is 21.2 Å². The number of hydrogen-bond donors (Lipinski definition) is 1. The molecular weight excluding hydrogens is 446 g/mol. The predicted octanol–water partition coefficient (Wildman–Crippen LogP) is 5.66. The number of aliphatic hydroxyl groups is 1. The number of ketones is 1. The smallest absolute Gasteiger partial charge is 0.300 e. The molecule has 32 heavy (non-hydrogen) atoms. The molecule has 3 aromatic rings. The minimum atomic E-state index is -0.719. The van der Waals surface area contributed by atoms with E-state index in [0.717, 1.165) is 34.6 Å². The molecule has 0 aliphatic carbocycles. The first-order valence-corrected chi connectivity index (χ1v) is 11.6. The van der Waals surface area contributed by atoms with Crippen LogP contribution in [0.5, 0.6) is 5.75 Å². The van der Waals surface area contributed by atoms with E-state index in [1.54, 1.807) is 30.3 Å². The summed E-state index contributed by atoms with van der Waals surface area (Å²) in [4.78, 5) is 28.7. The number of halogens is 1. The van der Waals surface area contributed by atoms with Crippen LogP contribution in [0.2, 0.25) is 5.02 Å². The van der Waals surface area contributed by atoms with Crippen LogP contribution in [-0.2, 0) is 16.0 Å². The zero-order valence-electron chi connectivity index (χ0n) is 17.3. The van der Waals surface area contributed by atoms with Crippen molar-refractivity contribution in [2.24, 2.45) is 0 Å². The largest absolute Gasteiger partial charge is 0.507 e. The third-order valence-corrected chi connectivity index (χ3v) is 7.20. The molecule has 2 aromatic carbocycles. The van der Waals surface area contributed by atoms with Gasteiger partial charge in [-0.2, -0.15) is 0 Å². The summed E-state index contributed by atoms with van der Waals surface area (Å²) in [6, 6.07) is 13.4. The maximum atomic E-state index is 13.2. The number of carbonyl (C=O) groups is 2. The van der Waals surface area contributed by atoms with E-state index in [2.05, 4.69) is 0 Å². The maximum absolute atomic E-state index is 13.2. The third kappa shape index (κ3) is 3.40. The average Bonchev–Trinajstić information content (AvgIpc) is 3.34. The first-order valence-electron chi connectivity index (χ1n) is 10.3. The highest BCUT2D eigenvalue weighted by atomic mass is 35.5. The van der Waals surface area contributed by atoms with Gasteiger partial charge < -0.3 is 9.84 Å². The van der Waals surface area contributed by atoms with Crippen molar-refractivity contribution in [2.45, 2.75) is 25.8 Å². The fraction of sp³-hybridized carbons (Fsp3) is 0.200. The Kier molecular flexibility index (Phi) is 5.27. The fourth-order valence-corrected chi connectivity index (χ4v) is 5.43. The zero-order valence-corrected chi connectivity index (χ0v) is 18.9. The number of anilines is 1. The number of thiophene rings is 1. The van der Waals surface area contributed by atoms with Crippen LogP contribution in [0.1, 0.15) is 34.0 Å². The summed E-state index contributed by atoms with van der Waals surface area (Å²) in [5.41, 5.74) is 3.07. The number of amides is 1. The fourth-order valence-electron chi connectivity index (χ4n) is 4.28. The highest BCUT2D eigenvalue weighted by Crippen LogP contribution is 2.45. The lowest BCUT2D eigenvalue weighted by molar-refractivity contribution is -0.132. The summed E-state index contributed by atoms with van der Waals surface area (Å²) in [5, 5.41) is 13.8. The van der Waals surface area contributed by atoms with Crippen LogP contribution in [0.15, 0.2) is 59.5 Å². The molecule has 0 radical (unpaired) electrons. The number of aryl methyl sites for hydroxylation is 2. The molecule has 1 fully saturated rings. The number of benzene rings is 2. The highest BCUT2D eigenvalue weighted by molar-refractivity contribution is 7.10. The van der Waals surface area contributed by atoms with E-state index in [0.29, 0.717) is 22.9 Å². The van der Waals surface area contributed by atoms with Gasteiger partial charge in [0.1, 0.15) is 17.6 Å². The molecule has 0 bridgehead atoms. The summed E-state index contributed by atoms with van der Waals surface area (Å²) in [6.07, 6.45) is 1.73. The Labute approximate surface area is 194 Å².